The van der Waals surface area contributed by atoms with Crippen LogP contribution in [0, 0.1) is 0 Å². The van der Waals surface area contributed by atoms with Gasteiger partial charge < -0.3 is 10.4 Å². The summed E-state index contributed by atoms with van der Waals surface area (Å²) in [6.07, 6.45) is 4.73. The van der Waals surface area contributed by atoms with Gasteiger partial charge in [0.15, 0.2) is 0 Å². The maximum Gasteiger partial charge on any atom is 0.313 e. The van der Waals surface area contributed by atoms with Crippen LogP contribution in [0.5, 0.6) is 0 Å². The molecule has 1 heterocycles. The second kappa shape index (κ2) is 7.75. The largest absolute Gasteiger partial charge is 0.481 e. The van der Waals surface area contributed by atoms with E-state index < -0.39 is 5.97 Å². The van der Waals surface area contributed by atoms with Gasteiger partial charge in [-0.1, -0.05) is 0 Å². The molecule has 18 heavy (non-hydrogen) atoms. The third-order valence-electron chi connectivity index (χ3n) is 2.19. The second-order valence-corrected chi connectivity index (χ2v) is 4.92. The van der Waals surface area contributed by atoms with Crippen molar-refractivity contribution in [2.75, 3.05) is 18.1 Å². The van der Waals surface area contributed by atoms with Crippen LogP contribution in [0.4, 0.5) is 0 Å². The number of aromatic nitrogens is 2. The smallest absolute Gasteiger partial charge is 0.313 e. The Morgan fingerprint density at radius 3 is 2.94 bits per heavy atom. The van der Waals surface area contributed by atoms with E-state index >= 15 is 0 Å². The monoisotopic (exact) mass is 271 g/mol. The van der Waals surface area contributed by atoms with Gasteiger partial charge in [-0.15, -0.1) is 11.8 Å². The van der Waals surface area contributed by atoms with Crippen LogP contribution < -0.4 is 5.32 Å². The maximum absolute atomic E-state index is 11.5. The Balaban J connectivity index is 2.05. The molecule has 0 atom stereocenters. The standard InChI is InChI=1S/C11H17N3O3S/c1-14-7-9(6-13-14)2-3-10(15)12-4-5-18-8-11(16)17/h6-7H,2-5,8H2,1H3,(H,12,15)(H,16,17). The topological polar surface area (TPSA) is 84.2 Å². The van der Waals surface area contributed by atoms with Crippen molar-refractivity contribution in [3.63, 3.8) is 0 Å². The first-order valence-electron chi connectivity index (χ1n) is 5.61. The zero-order chi connectivity index (χ0) is 13.4. The van der Waals surface area contributed by atoms with Crippen LogP contribution in [0.3, 0.4) is 0 Å². The highest BCUT2D eigenvalue weighted by Gasteiger charge is 2.03. The molecule has 0 fully saturated rings. The molecule has 0 saturated carbocycles. The fourth-order valence-electron chi connectivity index (χ4n) is 1.37. The van der Waals surface area contributed by atoms with Gasteiger partial charge >= 0.3 is 5.97 Å². The number of carbonyl (C=O) groups excluding carboxylic acids is 1. The number of amides is 1. The summed E-state index contributed by atoms with van der Waals surface area (Å²) in [6, 6.07) is 0. The fraction of sp³-hybridized carbons (Fsp3) is 0.545. The summed E-state index contributed by atoms with van der Waals surface area (Å²) in [5.74, 6) is -0.158. The van der Waals surface area contributed by atoms with Crippen LogP contribution in [0.25, 0.3) is 0 Å². The molecular formula is C11H17N3O3S. The number of carbonyl (C=O) groups is 2. The molecule has 0 saturated heterocycles. The number of nitrogens with zero attached hydrogens (tertiary/aromatic N) is 2. The Morgan fingerprint density at radius 1 is 1.56 bits per heavy atom. The molecule has 0 aliphatic rings. The van der Waals surface area contributed by atoms with E-state index in [1.807, 2.05) is 13.2 Å². The van der Waals surface area contributed by atoms with Crippen LogP contribution in [0.1, 0.15) is 12.0 Å². The second-order valence-electron chi connectivity index (χ2n) is 3.82. The van der Waals surface area contributed by atoms with Crippen LogP contribution in [0.2, 0.25) is 0 Å². The summed E-state index contributed by atoms with van der Waals surface area (Å²) >= 11 is 1.29. The number of hydrogen-bond acceptors (Lipinski definition) is 4. The van der Waals surface area contributed by atoms with Crippen molar-refractivity contribution in [2.45, 2.75) is 12.8 Å². The molecule has 0 aliphatic heterocycles. The first-order valence-corrected chi connectivity index (χ1v) is 6.77. The minimum Gasteiger partial charge on any atom is -0.481 e. The van der Waals surface area contributed by atoms with Crippen molar-refractivity contribution in [1.82, 2.24) is 15.1 Å². The predicted molar refractivity (Wildman–Crippen MR) is 69.5 cm³/mol. The number of rotatable bonds is 8. The molecule has 0 spiro atoms. The number of hydrogen-bond donors (Lipinski definition) is 2. The van der Waals surface area contributed by atoms with Gasteiger partial charge in [0.05, 0.1) is 11.9 Å². The van der Waals surface area contributed by atoms with Crippen molar-refractivity contribution >= 4 is 23.6 Å². The van der Waals surface area contributed by atoms with Crippen LogP contribution in [-0.2, 0) is 23.1 Å². The van der Waals surface area contributed by atoms with Crippen LogP contribution in [-0.4, -0.2) is 44.8 Å². The number of carboxylic acids is 1. The Labute approximate surface area is 110 Å². The number of thioether (sulfide) groups is 1. The highest BCUT2D eigenvalue weighted by atomic mass is 32.2. The summed E-state index contributed by atoms with van der Waals surface area (Å²) in [5.41, 5.74) is 1.04. The third-order valence-corrected chi connectivity index (χ3v) is 3.14. The van der Waals surface area contributed by atoms with E-state index in [1.54, 1.807) is 10.9 Å². The van der Waals surface area contributed by atoms with Crippen LogP contribution in [0.15, 0.2) is 12.4 Å². The van der Waals surface area contributed by atoms with Gasteiger partial charge in [0.25, 0.3) is 0 Å². The van der Waals surface area contributed by atoms with E-state index in [9.17, 15) is 9.59 Å². The lowest BCUT2D eigenvalue weighted by Crippen LogP contribution is -2.26. The van der Waals surface area contributed by atoms with E-state index in [1.165, 1.54) is 11.8 Å². The van der Waals surface area contributed by atoms with Gasteiger partial charge in [0.2, 0.25) is 5.91 Å². The normalized spacial score (nSPS) is 10.3. The minimum atomic E-state index is -0.831. The lowest BCUT2D eigenvalue weighted by atomic mass is 10.2. The summed E-state index contributed by atoms with van der Waals surface area (Å²) in [4.78, 5) is 21.7. The lowest BCUT2D eigenvalue weighted by Gasteiger charge is -2.03. The average Bonchev–Trinajstić information content (AvgIpc) is 2.71. The molecule has 0 aromatic carbocycles. The molecule has 0 unspecified atom stereocenters. The molecule has 1 aromatic rings. The van der Waals surface area contributed by atoms with Gasteiger partial charge in [-0.3, -0.25) is 14.3 Å². The first kappa shape index (κ1) is 14.6. The van der Waals surface area contributed by atoms with Crippen molar-refractivity contribution in [1.29, 1.82) is 0 Å². The zero-order valence-electron chi connectivity index (χ0n) is 10.3. The Hall–Kier alpha value is -1.50. The van der Waals surface area contributed by atoms with Gasteiger partial charge in [-0.05, 0) is 12.0 Å². The van der Waals surface area contributed by atoms with Gasteiger partial charge in [-0.2, -0.15) is 5.10 Å². The number of aryl methyl sites for hydroxylation is 2. The van der Waals surface area contributed by atoms with Gasteiger partial charge in [0.1, 0.15) is 0 Å². The van der Waals surface area contributed by atoms with E-state index in [-0.39, 0.29) is 11.7 Å². The molecule has 100 valence electrons. The van der Waals surface area contributed by atoms with Crippen LogP contribution >= 0.6 is 11.8 Å². The molecule has 2 N–H and O–H groups in total. The highest BCUT2D eigenvalue weighted by molar-refractivity contribution is 7.99. The molecule has 0 radical (unpaired) electrons. The number of carboxylic acid groups (broad SMARTS) is 1. The molecule has 0 bridgehead atoms. The Morgan fingerprint density at radius 2 is 2.33 bits per heavy atom. The van der Waals surface area contributed by atoms with E-state index in [0.717, 1.165) is 5.56 Å². The molecular weight excluding hydrogens is 254 g/mol. The highest BCUT2D eigenvalue weighted by Crippen LogP contribution is 2.01. The maximum atomic E-state index is 11.5. The number of nitrogens with one attached hydrogen (secondary N) is 1. The summed E-state index contributed by atoms with van der Waals surface area (Å²) in [5, 5.41) is 15.2. The summed E-state index contributed by atoms with van der Waals surface area (Å²) < 4.78 is 1.70. The van der Waals surface area contributed by atoms with E-state index in [0.29, 0.717) is 25.1 Å². The molecule has 7 heteroatoms. The summed E-state index contributed by atoms with van der Waals surface area (Å²) in [7, 11) is 1.84. The fourth-order valence-corrected chi connectivity index (χ4v) is 1.93. The minimum absolute atomic E-state index is 0.0187. The quantitative estimate of drug-likeness (QED) is 0.664. The zero-order valence-corrected chi connectivity index (χ0v) is 11.1. The van der Waals surface area contributed by atoms with Crippen molar-refractivity contribution in [3.05, 3.63) is 18.0 Å². The Kier molecular flexibility index (Phi) is 6.27. The van der Waals surface area contributed by atoms with E-state index in [2.05, 4.69) is 10.4 Å². The average molecular weight is 271 g/mol. The molecule has 6 nitrogen and oxygen atoms in total. The summed E-state index contributed by atoms with van der Waals surface area (Å²) in [6.45, 7) is 0.504. The predicted octanol–water partition coefficient (Wildman–Crippen LogP) is 0.287. The van der Waals surface area contributed by atoms with Crippen molar-refractivity contribution in [2.24, 2.45) is 7.05 Å². The molecule has 1 amide bonds. The van der Waals surface area contributed by atoms with Crippen molar-refractivity contribution < 1.29 is 14.7 Å². The molecule has 1 aromatic heterocycles. The van der Waals surface area contributed by atoms with Crippen molar-refractivity contribution in [3.8, 4) is 0 Å². The first-order chi connectivity index (χ1) is 8.58. The lowest BCUT2D eigenvalue weighted by molar-refractivity contribution is -0.133. The molecule has 0 aliphatic carbocycles. The van der Waals surface area contributed by atoms with E-state index in [4.69, 9.17) is 5.11 Å². The molecule has 1 rings (SSSR count). The third kappa shape index (κ3) is 6.29. The van der Waals surface area contributed by atoms with Gasteiger partial charge in [-0.25, -0.2) is 0 Å². The Bertz CT molecular complexity index is 406. The number of aliphatic carboxylic acids is 1. The van der Waals surface area contributed by atoms with Gasteiger partial charge in [0, 0.05) is 32.0 Å². The SMILES string of the molecule is Cn1cc(CCC(=O)NCCSCC(=O)O)cn1.